The van der Waals surface area contributed by atoms with Gasteiger partial charge in [-0.05, 0) is 24.3 Å². The van der Waals surface area contributed by atoms with Gasteiger partial charge in [0.1, 0.15) is 4.90 Å². The van der Waals surface area contributed by atoms with Crippen LogP contribution in [0.2, 0.25) is 10.0 Å². The van der Waals surface area contributed by atoms with E-state index in [0.29, 0.717) is 10.7 Å². The van der Waals surface area contributed by atoms with Crippen molar-refractivity contribution in [1.29, 1.82) is 0 Å². The van der Waals surface area contributed by atoms with Crippen LogP contribution in [0.3, 0.4) is 0 Å². The van der Waals surface area contributed by atoms with Gasteiger partial charge < -0.3 is 10.3 Å². The van der Waals surface area contributed by atoms with Crippen LogP contribution in [0.25, 0.3) is 0 Å². The Bertz CT molecular complexity index is 741. The second-order valence-corrected chi connectivity index (χ2v) is 6.71. The zero-order valence-electron chi connectivity index (χ0n) is 10.6. The highest BCUT2D eigenvalue weighted by molar-refractivity contribution is 7.92. The fourth-order valence-electron chi connectivity index (χ4n) is 1.70. The van der Waals surface area contributed by atoms with Crippen LogP contribution in [0, 0.1) is 0 Å². The third-order valence-corrected chi connectivity index (χ3v) is 4.86. The lowest BCUT2D eigenvalue weighted by molar-refractivity contribution is 0.601. The Balaban J connectivity index is 2.32. The zero-order valence-corrected chi connectivity index (χ0v) is 12.9. The SMILES string of the molecule is Cn1cc(S(=O)(=O)Nc2ccc(Cl)c(Cl)c2)cc1CN. The Kier molecular flexibility index (Phi) is 4.29. The van der Waals surface area contributed by atoms with Gasteiger partial charge in [0.2, 0.25) is 0 Å². The molecule has 0 spiro atoms. The Labute approximate surface area is 127 Å². The van der Waals surface area contributed by atoms with Crippen molar-refractivity contribution in [2.45, 2.75) is 11.4 Å². The molecule has 0 saturated heterocycles. The standard InChI is InChI=1S/C12H13Cl2N3O2S/c1-17-7-10(5-9(17)6-15)20(18,19)16-8-2-3-11(13)12(14)4-8/h2-5,7,16H,6,15H2,1H3. The van der Waals surface area contributed by atoms with Gasteiger partial charge in [0, 0.05) is 25.5 Å². The van der Waals surface area contributed by atoms with Crippen LogP contribution in [0.15, 0.2) is 35.4 Å². The molecule has 8 heteroatoms. The maximum atomic E-state index is 12.2. The van der Waals surface area contributed by atoms with Crippen LogP contribution < -0.4 is 10.5 Å². The van der Waals surface area contributed by atoms with E-state index >= 15 is 0 Å². The number of anilines is 1. The zero-order chi connectivity index (χ0) is 14.9. The molecule has 20 heavy (non-hydrogen) atoms. The molecule has 0 aliphatic carbocycles. The Hall–Kier alpha value is -1.21. The number of sulfonamides is 1. The summed E-state index contributed by atoms with van der Waals surface area (Å²) < 4.78 is 28.6. The van der Waals surface area contributed by atoms with Crippen molar-refractivity contribution in [1.82, 2.24) is 4.57 Å². The van der Waals surface area contributed by atoms with E-state index in [1.54, 1.807) is 17.7 Å². The molecular weight excluding hydrogens is 321 g/mol. The second kappa shape index (κ2) is 5.65. The van der Waals surface area contributed by atoms with Gasteiger partial charge in [-0.1, -0.05) is 23.2 Å². The smallest absolute Gasteiger partial charge is 0.263 e. The number of halogens is 2. The first-order chi connectivity index (χ1) is 9.33. The van der Waals surface area contributed by atoms with E-state index in [9.17, 15) is 8.42 Å². The number of benzene rings is 1. The molecule has 0 fully saturated rings. The first-order valence-electron chi connectivity index (χ1n) is 5.66. The van der Waals surface area contributed by atoms with Crippen molar-refractivity contribution < 1.29 is 8.42 Å². The molecule has 1 aromatic carbocycles. The first kappa shape index (κ1) is 15.2. The predicted molar refractivity (Wildman–Crippen MR) is 80.6 cm³/mol. The molecule has 0 aliphatic rings. The van der Waals surface area contributed by atoms with E-state index < -0.39 is 10.0 Å². The molecule has 0 radical (unpaired) electrons. The summed E-state index contributed by atoms with van der Waals surface area (Å²) in [5.74, 6) is 0. The molecule has 0 bridgehead atoms. The Morgan fingerprint density at radius 1 is 1.25 bits per heavy atom. The van der Waals surface area contributed by atoms with Gasteiger partial charge in [-0.2, -0.15) is 0 Å². The van der Waals surface area contributed by atoms with E-state index in [4.69, 9.17) is 28.9 Å². The molecular formula is C12H13Cl2N3O2S. The van der Waals surface area contributed by atoms with E-state index in [1.165, 1.54) is 24.4 Å². The normalized spacial score (nSPS) is 11.6. The summed E-state index contributed by atoms with van der Waals surface area (Å²) in [5.41, 5.74) is 6.59. The number of nitrogens with zero attached hydrogens (tertiary/aromatic N) is 1. The van der Waals surface area contributed by atoms with Gasteiger partial charge in [-0.15, -0.1) is 0 Å². The molecule has 5 nitrogen and oxygen atoms in total. The van der Waals surface area contributed by atoms with Gasteiger partial charge in [0.25, 0.3) is 10.0 Å². The maximum absolute atomic E-state index is 12.2. The highest BCUT2D eigenvalue weighted by Gasteiger charge is 2.17. The number of aromatic nitrogens is 1. The third kappa shape index (κ3) is 3.09. The molecule has 108 valence electrons. The van der Waals surface area contributed by atoms with Gasteiger partial charge >= 0.3 is 0 Å². The summed E-state index contributed by atoms with van der Waals surface area (Å²) in [5, 5.41) is 0.641. The highest BCUT2D eigenvalue weighted by atomic mass is 35.5. The summed E-state index contributed by atoms with van der Waals surface area (Å²) in [6.07, 6.45) is 1.50. The van der Waals surface area contributed by atoms with E-state index in [1.807, 2.05) is 0 Å². The lowest BCUT2D eigenvalue weighted by Crippen LogP contribution is -2.12. The molecule has 0 amide bonds. The summed E-state index contributed by atoms with van der Waals surface area (Å²) in [4.78, 5) is 0.145. The predicted octanol–water partition coefficient (Wildman–Crippen LogP) is 2.59. The Morgan fingerprint density at radius 3 is 2.50 bits per heavy atom. The van der Waals surface area contributed by atoms with Crippen LogP contribution in [0.1, 0.15) is 5.69 Å². The van der Waals surface area contributed by atoms with Gasteiger partial charge in [0.05, 0.1) is 15.7 Å². The quantitative estimate of drug-likeness (QED) is 0.902. The average molecular weight is 334 g/mol. The van der Waals surface area contributed by atoms with Crippen molar-refractivity contribution in [3.05, 3.63) is 46.2 Å². The van der Waals surface area contributed by atoms with Crippen molar-refractivity contribution in [3.8, 4) is 0 Å². The third-order valence-electron chi connectivity index (χ3n) is 2.77. The Morgan fingerprint density at radius 2 is 1.95 bits per heavy atom. The number of aryl methyl sites for hydroxylation is 1. The van der Waals surface area contributed by atoms with Crippen LogP contribution in [0.4, 0.5) is 5.69 Å². The molecule has 1 heterocycles. The average Bonchev–Trinajstić information content (AvgIpc) is 2.76. The largest absolute Gasteiger partial charge is 0.352 e. The monoisotopic (exact) mass is 333 g/mol. The lowest BCUT2D eigenvalue weighted by Gasteiger charge is -2.07. The minimum atomic E-state index is -3.68. The number of hydrogen-bond donors (Lipinski definition) is 2. The number of hydrogen-bond acceptors (Lipinski definition) is 3. The molecule has 0 atom stereocenters. The molecule has 2 rings (SSSR count). The van der Waals surface area contributed by atoms with Crippen LogP contribution in [-0.4, -0.2) is 13.0 Å². The molecule has 0 unspecified atom stereocenters. The van der Waals surface area contributed by atoms with Gasteiger partial charge in [-0.3, -0.25) is 4.72 Å². The summed E-state index contributed by atoms with van der Waals surface area (Å²) in [6, 6.07) is 6.05. The van der Waals surface area contributed by atoms with Crippen LogP contribution in [0.5, 0.6) is 0 Å². The van der Waals surface area contributed by atoms with Crippen LogP contribution in [-0.2, 0) is 23.6 Å². The molecule has 2 aromatic rings. The number of nitrogens with one attached hydrogen (secondary N) is 1. The fraction of sp³-hybridized carbons (Fsp3) is 0.167. The fourth-order valence-corrected chi connectivity index (χ4v) is 3.14. The van der Waals surface area contributed by atoms with Gasteiger partial charge in [-0.25, -0.2) is 8.42 Å². The number of rotatable bonds is 4. The number of nitrogens with two attached hydrogens (primary N) is 1. The summed E-state index contributed by atoms with van der Waals surface area (Å²) in [6.45, 7) is 0.263. The van der Waals surface area contributed by atoms with Crippen LogP contribution >= 0.6 is 23.2 Å². The highest BCUT2D eigenvalue weighted by Crippen LogP contribution is 2.26. The van der Waals surface area contributed by atoms with Gasteiger partial charge in [0.15, 0.2) is 0 Å². The molecule has 0 saturated carbocycles. The molecule has 3 N–H and O–H groups in total. The van der Waals surface area contributed by atoms with E-state index in [0.717, 1.165) is 5.69 Å². The van der Waals surface area contributed by atoms with Crippen molar-refractivity contribution in [2.75, 3.05) is 4.72 Å². The maximum Gasteiger partial charge on any atom is 0.263 e. The first-order valence-corrected chi connectivity index (χ1v) is 7.90. The van der Waals surface area contributed by atoms with Crippen molar-refractivity contribution in [3.63, 3.8) is 0 Å². The second-order valence-electron chi connectivity index (χ2n) is 4.22. The van der Waals surface area contributed by atoms with Crippen molar-refractivity contribution >= 4 is 38.9 Å². The molecule has 1 aromatic heterocycles. The van der Waals surface area contributed by atoms with E-state index in [2.05, 4.69) is 4.72 Å². The summed E-state index contributed by atoms with van der Waals surface area (Å²) in [7, 11) is -1.95. The van der Waals surface area contributed by atoms with E-state index in [-0.39, 0.29) is 16.5 Å². The lowest BCUT2D eigenvalue weighted by atomic mass is 10.3. The minimum absolute atomic E-state index is 0.145. The van der Waals surface area contributed by atoms with Crippen molar-refractivity contribution in [2.24, 2.45) is 12.8 Å². The minimum Gasteiger partial charge on any atom is -0.352 e. The summed E-state index contributed by atoms with van der Waals surface area (Å²) >= 11 is 11.6. The topological polar surface area (TPSA) is 77.1 Å². The molecule has 0 aliphatic heterocycles.